The fraction of sp³-hybridized carbons (Fsp3) is 0.296. The second kappa shape index (κ2) is 9.50. The minimum Gasteiger partial charge on any atom is -0.477 e. The van der Waals surface area contributed by atoms with Crippen LogP contribution < -0.4 is 4.90 Å². The number of hydrogen-bond donors (Lipinski definition) is 1. The van der Waals surface area contributed by atoms with Gasteiger partial charge in [0, 0.05) is 30.5 Å². The highest BCUT2D eigenvalue weighted by molar-refractivity contribution is 5.87. The molecule has 1 aliphatic carbocycles. The molecule has 4 aromatic rings. The summed E-state index contributed by atoms with van der Waals surface area (Å²) < 4.78 is 7.34. The third-order valence-corrected chi connectivity index (χ3v) is 6.74. The Hall–Kier alpha value is -4.11. The number of aromatic carboxylic acids is 1. The summed E-state index contributed by atoms with van der Waals surface area (Å²) in [5.41, 5.74) is 7.32. The molecule has 0 saturated carbocycles. The summed E-state index contributed by atoms with van der Waals surface area (Å²) in [6.45, 7) is 2.89. The lowest BCUT2D eigenvalue weighted by atomic mass is 9.96. The summed E-state index contributed by atoms with van der Waals surface area (Å²) in [5, 5.41) is 13.9. The molecular weight excluding hydrogens is 456 g/mol. The van der Waals surface area contributed by atoms with Crippen LogP contribution in [-0.4, -0.2) is 61.9 Å². The summed E-state index contributed by atoms with van der Waals surface area (Å²) in [6, 6.07) is 9.45. The fourth-order valence-corrected chi connectivity index (χ4v) is 4.91. The number of pyridine rings is 2. The number of anilines is 1. The van der Waals surface area contributed by atoms with Crippen molar-refractivity contribution in [3.63, 3.8) is 0 Å². The van der Waals surface area contributed by atoms with Gasteiger partial charge in [0.05, 0.1) is 36.5 Å². The monoisotopic (exact) mass is 482 g/mol. The average molecular weight is 483 g/mol. The third kappa shape index (κ3) is 4.22. The average Bonchev–Trinajstić information content (AvgIpc) is 3.31. The molecule has 0 bridgehead atoms. The molecule has 9 nitrogen and oxygen atoms in total. The molecule has 0 amide bonds. The second-order valence-corrected chi connectivity index (χ2v) is 9.02. The first-order chi connectivity index (χ1) is 17.7. The topological polar surface area (TPSA) is 106 Å². The molecule has 1 saturated heterocycles. The van der Waals surface area contributed by atoms with Crippen LogP contribution in [0.25, 0.3) is 29.1 Å². The fourth-order valence-electron chi connectivity index (χ4n) is 4.91. The van der Waals surface area contributed by atoms with Crippen LogP contribution in [0.1, 0.15) is 46.0 Å². The van der Waals surface area contributed by atoms with Crippen LogP contribution in [-0.2, 0) is 17.6 Å². The van der Waals surface area contributed by atoms with E-state index in [9.17, 15) is 9.90 Å². The Balaban J connectivity index is 1.46. The van der Waals surface area contributed by atoms with Crippen molar-refractivity contribution in [2.24, 2.45) is 0 Å². The molecule has 0 radical (unpaired) electrons. The Bertz CT molecular complexity index is 1450. The van der Waals surface area contributed by atoms with Crippen molar-refractivity contribution in [1.82, 2.24) is 24.6 Å². The van der Waals surface area contributed by atoms with Crippen molar-refractivity contribution >= 4 is 29.5 Å². The van der Waals surface area contributed by atoms with Gasteiger partial charge in [0.2, 0.25) is 0 Å². The van der Waals surface area contributed by atoms with Gasteiger partial charge in [-0.05, 0) is 67.7 Å². The zero-order valence-corrected chi connectivity index (χ0v) is 19.8. The molecule has 36 heavy (non-hydrogen) atoms. The van der Waals surface area contributed by atoms with Crippen molar-refractivity contribution in [2.75, 3.05) is 31.2 Å². The van der Waals surface area contributed by atoms with E-state index in [1.807, 2.05) is 22.7 Å². The lowest BCUT2D eigenvalue weighted by Gasteiger charge is -2.28. The van der Waals surface area contributed by atoms with Gasteiger partial charge in [0.1, 0.15) is 11.4 Å². The maximum atomic E-state index is 11.3. The number of nitrogens with zero attached hydrogens (tertiary/aromatic N) is 6. The first kappa shape index (κ1) is 22.4. The Labute approximate surface area is 208 Å². The number of rotatable bonds is 5. The molecular formula is C27H26N6O3. The number of aromatic nitrogens is 5. The number of carboxylic acids is 1. The minimum absolute atomic E-state index is 0.00936. The summed E-state index contributed by atoms with van der Waals surface area (Å²) in [5.74, 6) is -1.06. The van der Waals surface area contributed by atoms with E-state index >= 15 is 0 Å². The van der Waals surface area contributed by atoms with E-state index in [0.29, 0.717) is 18.9 Å². The van der Waals surface area contributed by atoms with E-state index in [1.165, 1.54) is 30.2 Å². The largest absolute Gasteiger partial charge is 0.477 e. The molecule has 5 heterocycles. The Morgan fingerprint density at radius 3 is 2.67 bits per heavy atom. The van der Waals surface area contributed by atoms with Crippen molar-refractivity contribution in [3.8, 4) is 11.3 Å². The van der Waals surface area contributed by atoms with Gasteiger partial charge in [-0.15, -0.1) is 0 Å². The predicted molar refractivity (Wildman–Crippen MR) is 136 cm³/mol. The van der Waals surface area contributed by atoms with Crippen LogP contribution >= 0.6 is 0 Å². The molecule has 1 N–H and O–H groups in total. The van der Waals surface area contributed by atoms with Crippen LogP contribution in [0.4, 0.5) is 5.69 Å². The number of carboxylic acid groups (broad SMARTS) is 1. The standard InChI is InChI=1S/C27H26N6O3/c34-27(35)23-9-6-19(17-28-23)25-22(10-8-20-7-5-18-3-1-2-4-21(18)30-20)31-26-24(11-12-29-33(25)26)32-13-15-36-16-14-32/h5-12,17H,1-4,13-16H2,(H,34,35)/b10-8+. The molecule has 2 aliphatic rings. The van der Waals surface area contributed by atoms with E-state index in [2.05, 4.69) is 27.1 Å². The van der Waals surface area contributed by atoms with Gasteiger partial charge < -0.3 is 14.7 Å². The molecule has 6 rings (SSSR count). The molecule has 0 spiro atoms. The van der Waals surface area contributed by atoms with E-state index in [4.69, 9.17) is 14.7 Å². The van der Waals surface area contributed by atoms with Crippen LogP contribution in [0.2, 0.25) is 0 Å². The number of ether oxygens (including phenoxy) is 1. The first-order valence-electron chi connectivity index (χ1n) is 12.2. The number of hydrogen-bond acceptors (Lipinski definition) is 7. The van der Waals surface area contributed by atoms with Crippen LogP contribution in [0.5, 0.6) is 0 Å². The molecule has 9 heteroatoms. The minimum atomic E-state index is -1.06. The molecule has 182 valence electrons. The van der Waals surface area contributed by atoms with E-state index in [1.54, 1.807) is 18.5 Å². The molecule has 1 fully saturated rings. The molecule has 0 aromatic carbocycles. The normalized spacial score (nSPS) is 15.9. The highest BCUT2D eigenvalue weighted by Crippen LogP contribution is 2.30. The van der Waals surface area contributed by atoms with Crippen molar-refractivity contribution in [3.05, 3.63) is 71.1 Å². The quantitative estimate of drug-likeness (QED) is 0.458. The Morgan fingerprint density at radius 2 is 1.86 bits per heavy atom. The number of carbonyl (C=O) groups is 1. The van der Waals surface area contributed by atoms with E-state index < -0.39 is 5.97 Å². The summed E-state index contributed by atoms with van der Waals surface area (Å²) in [7, 11) is 0. The first-order valence-corrected chi connectivity index (χ1v) is 12.2. The smallest absolute Gasteiger partial charge is 0.354 e. The molecule has 0 atom stereocenters. The summed E-state index contributed by atoms with van der Waals surface area (Å²) >= 11 is 0. The van der Waals surface area contributed by atoms with Crippen LogP contribution in [0, 0.1) is 0 Å². The van der Waals surface area contributed by atoms with Gasteiger partial charge in [0.25, 0.3) is 0 Å². The zero-order valence-electron chi connectivity index (χ0n) is 19.8. The van der Waals surface area contributed by atoms with Gasteiger partial charge in [-0.3, -0.25) is 4.98 Å². The zero-order chi connectivity index (χ0) is 24.5. The molecule has 0 unspecified atom stereocenters. The van der Waals surface area contributed by atoms with Gasteiger partial charge in [-0.25, -0.2) is 19.3 Å². The molecule has 4 aromatic heterocycles. The van der Waals surface area contributed by atoms with Gasteiger partial charge >= 0.3 is 5.97 Å². The lowest BCUT2D eigenvalue weighted by molar-refractivity contribution is 0.0690. The van der Waals surface area contributed by atoms with Crippen LogP contribution in [0.3, 0.4) is 0 Å². The summed E-state index contributed by atoms with van der Waals surface area (Å²) in [6.07, 6.45) is 11.8. The van der Waals surface area contributed by atoms with Gasteiger partial charge in [-0.2, -0.15) is 5.10 Å². The maximum Gasteiger partial charge on any atom is 0.354 e. The Morgan fingerprint density at radius 1 is 1.00 bits per heavy atom. The summed E-state index contributed by atoms with van der Waals surface area (Å²) in [4.78, 5) is 27.6. The predicted octanol–water partition coefficient (Wildman–Crippen LogP) is 3.77. The highest BCUT2D eigenvalue weighted by atomic mass is 16.5. The van der Waals surface area contributed by atoms with Gasteiger partial charge in [-0.1, -0.05) is 6.07 Å². The van der Waals surface area contributed by atoms with Gasteiger partial charge in [0.15, 0.2) is 5.65 Å². The number of imidazole rings is 1. The number of aryl methyl sites for hydroxylation is 2. The van der Waals surface area contributed by atoms with Crippen molar-refractivity contribution < 1.29 is 14.6 Å². The third-order valence-electron chi connectivity index (χ3n) is 6.74. The highest BCUT2D eigenvalue weighted by Gasteiger charge is 2.21. The number of fused-ring (bicyclic) bond motifs is 2. The number of morpholine rings is 1. The van der Waals surface area contributed by atoms with Crippen molar-refractivity contribution in [2.45, 2.75) is 25.7 Å². The van der Waals surface area contributed by atoms with E-state index in [-0.39, 0.29) is 5.69 Å². The SMILES string of the molecule is O=C(O)c1ccc(-c2c(/C=C/c3ccc4c(n3)CCCC4)nc3c(N4CCOCC4)ccnn23)cn1. The Kier molecular flexibility index (Phi) is 5.90. The lowest BCUT2D eigenvalue weighted by Crippen LogP contribution is -2.36. The van der Waals surface area contributed by atoms with Crippen molar-refractivity contribution in [1.29, 1.82) is 0 Å². The van der Waals surface area contributed by atoms with E-state index in [0.717, 1.165) is 54.2 Å². The maximum absolute atomic E-state index is 11.3. The molecule has 1 aliphatic heterocycles. The second-order valence-electron chi connectivity index (χ2n) is 9.02. The van der Waals surface area contributed by atoms with Crippen LogP contribution in [0.15, 0.2) is 42.7 Å².